The van der Waals surface area contributed by atoms with E-state index >= 15 is 0 Å². The Kier molecular flexibility index (Phi) is 8.04. The highest BCUT2D eigenvalue weighted by atomic mass is 15.0. The lowest BCUT2D eigenvalue weighted by Crippen LogP contribution is -2.19. The van der Waals surface area contributed by atoms with Crippen LogP contribution >= 0.6 is 0 Å². The van der Waals surface area contributed by atoms with E-state index in [9.17, 15) is 0 Å². The van der Waals surface area contributed by atoms with E-state index in [1.807, 2.05) is 24.3 Å². The van der Waals surface area contributed by atoms with Crippen molar-refractivity contribution in [3.8, 4) is 51.0 Å². The van der Waals surface area contributed by atoms with Gasteiger partial charge in [-0.3, -0.25) is 0 Å². The molecule has 0 saturated carbocycles. The molecular weight excluding hydrogens is 777 g/mol. The third kappa shape index (κ3) is 5.58. The first kappa shape index (κ1) is 36.7. The van der Waals surface area contributed by atoms with E-state index in [4.69, 9.17) is 15.0 Å². The Balaban J connectivity index is 1.04. The number of aromatic nitrogens is 4. The minimum Gasteiger partial charge on any atom is -0.310 e. The molecule has 0 fully saturated rings. The largest absolute Gasteiger partial charge is 0.310 e. The van der Waals surface area contributed by atoms with Crippen LogP contribution in [0.5, 0.6) is 0 Å². The minimum atomic E-state index is -0.0865. The molecule has 0 amide bonds. The van der Waals surface area contributed by atoms with Crippen molar-refractivity contribution in [2.75, 3.05) is 0 Å². The molecule has 2 aromatic heterocycles. The van der Waals surface area contributed by atoms with Gasteiger partial charge in [0, 0.05) is 39.1 Å². The van der Waals surface area contributed by atoms with Crippen LogP contribution in [0.15, 0.2) is 200 Å². The van der Waals surface area contributed by atoms with E-state index in [-0.39, 0.29) is 5.41 Å². The molecule has 0 radical (unpaired) electrons. The summed E-state index contributed by atoms with van der Waals surface area (Å²) in [6.07, 6.45) is 3.44. The van der Waals surface area contributed by atoms with Gasteiger partial charge in [0.05, 0.1) is 11.2 Å². The third-order valence-corrected chi connectivity index (χ3v) is 14.1. The van der Waals surface area contributed by atoms with Crippen molar-refractivity contribution in [2.24, 2.45) is 0 Å². The second kappa shape index (κ2) is 14.0. The van der Waals surface area contributed by atoms with Crippen LogP contribution < -0.4 is 0 Å². The summed E-state index contributed by atoms with van der Waals surface area (Å²) in [4.78, 5) is 15.6. The minimum absolute atomic E-state index is 0.0865. The molecule has 4 nitrogen and oxygen atoms in total. The monoisotopic (exact) mass is 818 g/mol. The van der Waals surface area contributed by atoms with Crippen LogP contribution in [0.25, 0.3) is 100 Å². The summed E-state index contributed by atoms with van der Waals surface area (Å²) in [6.45, 7) is 4.80. The number of fused-ring (bicyclic) bond motifs is 12. The predicted molar refractivity (Wildman–Crippen MR) is 265 cm³/mol. The van der Waals surface area contributed by atoms with Crippen molar-refractivity contribution in [1.29, 1.82) is 0 Å². The van der Waals surface area contributed by atoms with Gasteiger partial charge in [-0.15, -0.1) is 0 Å². The highest BCUT2D eigenvalue weighted by Gasteiger charge is 2.44. The van der Waals surface area contributed by atoms with Crippen molar-refractivity contribution in [2.45, 2.75) is 31.6 Å². The fraction of sp³-hybridized carbons (Fsp3) is 0.0833. The fourth-order valence-electron chi connectivity index (χ4n) is 11.0. The Labute approximate surface area is 371 Å². The maximum atomic E-state index is 5.27. The van der Waals surface area contributed by atoms with Crippen molar-refractivity contribution < 1.29 is 0 Å². The Morgan fingerprint density at radius 2 is 0.984 bits per heavy atom. The van der Waals surface area contributed by atoms with Crippen molar-refractivity contribution in [3.05, 3.63) is 222 Å². The summed E-state index contributed by atoms with van der Waals surface area (Å²) >= 11 is 0. The zero-order valence-electron chi connectivity index (χ0n) is 35.6. The number of hydrogen-bond acceptors (Lipinski definition) is 3. The van der Waals surface area contributed by atoms with Gasteiger partial charge in [0.15, 0.2) is 17.5 Å². The molecular formula is C60H42N4. The smallest absolute Gasteiger partial charge is 0.164 e. The molecule has 13 rings (SSSR count). The molecule has 2 aliphatic rings. The maximum absolute atomic E-state index is 5.27. The maximum Gasteiger partial charge on any atom is 0.164 e. The van der Waals surface area contributed by atoms with E-state index in [0.29, 0.717) is 23.4 Å². The number of allylic oxidation sites excluding steroid dienone is 1. The summed E-state index contributed by atoms with van der Waals surface area (Å²) in [5, 5.41) is 8.87. The van der Waals surface area contributed by atoms with Crippen LogP contribution in [-0.2, 0) is 11.8 Å². The van der Waals surface area contributed by atoms with Gasteiger partial charge in [-0.1, -0.05) is 177 Å². The van der Waals surface area contributed by atoms with Crippen molar-refractivity contribution in [3.63, 3.8) is 0 Å². The standard InChI is InChI=1S/C60H42N4/c1-60(2)53-27-14-13-26-48(53)50-35-52-51-33-41(59-62-57(38-18-7-4-8-19-38)61-58(63-59)40-21-15-20-39(32-40)37-16-5-3-6-17-37)28-31-55(51)64(56(52)36-54(50)60)42-29-30-47-45-24-10-9-22-43(45)44-23-11-12-25-46(44)49(47)34-42/h3-34,36,50H,35H2,1-2H3. The second-order valence-corrected chi connectivity index (χ2v) is 17.9. The molecule has 9 aromatic carbocycles. The quantitative estimate of drug-likeness (QED) is 0.163. The first-order valence-electron chi connectivity index (χ1n) is 22.3. The van der Waals surface area contributed by atoms with Crippen molar-refractivity contribution >= 4 is 49.3 Å². The van der Waals surface area contributed by atoms with E-state index in [1.165, 1.54) is 71.2 Å². The number of benzene rings is 9. The van der Waals surface area contributed by atoms with Gasteiger partial charge in [0.25, 0.3) is 0 Å². The predicted octanol–water partition coefficient (Wildman–Crippen LogP) is 15.0. The number of rotatable bonds is 5. The lowest BCUT2D eigenvalue weighted by molar-refractivity contribution is 0.613. The lowest BCUT2D eigenvalue weighted by Gasteiger charge is -2.28. The average Bonchev–Trinajstić information content (AvgIpc) is 3.80. The summed E-state index contributed by atoms with van der Waals surface area (Å²) < 4.78 is 2.52. The molecule has 302 valence electrons. The Morgan fingerprint density at radius 1 is 0.438 bits per heavy atom. The van der Waals surface area contributed by atoms with Gasteiger partial charge in [0.2, 0.25) is 0 Å². The van der Waals surface area contributed by atoms with Crippen LogP contribution in [0.1, 0.15) is 42.1 Å². The van der Waals surface area contributed by atoms with Gasteiger partial charge in [0.1, 0.15) is 0 Å². The molecule has 2 heterocycles. The zero-order chi connectivity index (χ0) is 42.5. The SMILES string of the molecule is CC1(C)C2=Cc3c(c4cc(-c5nc(-c6ccccc6)nc(-c6cccc(-c7ccccc7)c6)n5)ccc4n3-c3ccc4c5ccccc5c5ccccc5c4c3)CC2c2ccccc21. The Hall–Kier alpha value is -7.95. The molecule has 0 aliphatic heterocycles. The molecule has 0 saturated heterocycles. The summed E-state index contributed by atoms with van der Waals surface area (Å²) in [5.41, 5.74) is 14.3. The summed E-state index contributed by atoms with van der Waals surface area (Å²) in [5.74, 6) is 2.26. The van der Waals surface area contributed by atoms with E-state index in [1.54, 1.807) is 0 Å². The summed E-state index contributed by atoms with van der Waals surface area (Å²) in [6, 6.07) is 69.9. The molecule has 0 N–H and O–H groups in total. The van der Waals surface area contributed by atoms with E-state index in [0.717, 1.165) is 39.9 Å². The first-order valence-corrected chi connectivity index (χ1v) is 22.3. The molecule has 0 bridgehead atoms. The molecule has 4 heteroatoms. The van der Waals surface area contributed by atoms with Gasteiger partial charge in [-0.25, -0.2) is 15.0 Å². The first-order chi connectivity index (χ1) is 31.5. The molecule has 2 aliphatic carbocycles. The van der Waals surface area contributed by atoms with Crippen LogP contribution in [0.3, 0.4) is 0 Å². The molecule has 1 atom stereocenters. The van der Waals surface area contributed by atoms with Gasteiger partial charge >= 0.3 is 0 Å². The second-order valence-electron chi connectivity index (χ2n) is 17.9. The van der Waals surface area contributed by atoms with Gasteiger partial charge in [-0.05, 0) is 109 Å². The number of hydrogen-bond donors (Lipinski definition) is 0. The van der Waals surface area contributed by atoms with Crippen LogP contribution in [0.4, 0.5) is 0 Å². The molecule has 1 unspecified atom stereocenters. The topological polar surface area (TPSA) is 43.6 Å². The third-order valence-electron chi connectivity index (χ3n) is 14.1. The van der Waals surface area contributed by atoms with Crippen molar-refractivity contribution in [1.82, 2.24) is 19.5 Å². The van der Waals surface area contributed by atoms with Crippen LogP contribution in [0, 0.1) is 0 Å². The molecule has 64 heavy (non-hydrogen) atoms. The molecule has 0 spiro atoms. The number of nitrogens with zero attached hydrogens (tertiary/aromatic N) is 4. The Morgan fingerprint density at radius 3 is 1.69 bits per heavy atom. The zero-order valence-corrected chi connectivity index (χ0v) is 35.6. The van der Waals surface area contributed by atoms with Crippen LogP contribution in [0.2, 0.25) is 0 Å². The summed E-state index contributed by atoms with van der Waals surface area (Å²) in [7, 11) is 0. The lowest BCUT2D eigenvalue weighted by atomic mass is 9.76. The Bertz CT molecular complexity index is 3690. The van der Waals surface area contributed by atoms with E-state index < -0.39 is 0 Å². The highest BCUT2D eigenvalue weighted by Crippen LogP contribution is 2.55. The fourth-order valence-corrected chi connectivity index (χ4v) is 11.0. The highest BCUT2D eigenvalue weighted by molar-refractivity contribution is 6.25. The van der Waals surface area contributed by atoms with Gasteiger partial charge in [-0.2, -0.15) is 0 Å². The normalized spacial score (nSPS) is 15.0. The molecule has 11 aromatic rings. The average molecular weight is 819 g/mol. The van der Waals surface area contributed by atoms with Gasteiger partial charge < -0.3 is 4.57 Å². The van der Waals surface area contributed by atoms with E-state index in [2.05, 4.69) is 194 Å². The van der Waals surface area contributed by atoms with Crippen LogP contribution in [-0.4, -0.2) is 19.5 Å².